The normalized spacial score (nSPS) is 12.2. The summed E-state index contributed by atoms with van der Waals surface area (Å²) in [6.07, 6.45) is 0. The molecule has 1 heterocycles. The summed E-state index contributed by atoms with van der Waals surface area (Å²) in [7, 11) is 0. The highest BCUT2D eigenvalue weighted by molar-refractivity contribution is 5.97. The number of phenolic OH excluding ortho intramolecular Hbond substituents is 1. The zero-order chi connectivity index (χ0) is 14.0. The number of carbonyl (C=O) groups is 1. The van der Waals surface area contributed by atoms with Crippen molar-refractivity contribution in [3.8, 4) is 5.75 Å². The second-order valence-corrected chi connectivity index (χ2v) is 4.66. The van der Waals surface area contributed by atoms with Gasteiger partial charge in [0.05, 0.1) is 11.6 Å². The van der Waals surface area contributed by atoms with Crippen LogP contribution >= 0.6 is 0 Å². The third-order valence-corrected chi connectivity index (χ3v) is 2.93. The summed E-state index contributed by atoms with van der Waals surface area (Å²) >= 11 is 0. The number of furan rings is 1. The minimum Gasteiger partial charge on any atom is -0.507 e. The average Bonchev–Trinajstić information content (AvgIpc) is 2.75. The maximum absolute atomic E-state index is 12.1. The number of rotatable bonds is 3. The molecule has 4 heteroatoms. The first-order valence-corrected chi connectivity index (χ1v) is 6.14. The van der Waals surface area contributed by atoms with Crippen LogP contribution in [-0.4, -0.2) is 11.0 Å². The summed E-state index contributed by atoms with van der Waals surface area (Å²) in [5, 5.41) is 12.6. The second-order valence-electron chi connectivity index (χ2n) is 4.66. The number of carbonyl (C=O) groups excluding carboxylic acids is 1. The summed E-state index contributed by atoms with van der Waals surface area (Å²) in [5.74, 6) is 1.16. The van der Waals surface area contributed by atoms with Gasteiger partial charge in [-0.25, -0.2) is 0 Å². The van der Waals surface area contributed by atoms with E-state index in [1.54, 1.807) is 18.2 Å². The van der Waals surface area contributed by atoms with Gasteiger partial charge in [-0.05, 0) is 50.6 Å². The Morgan fingerprint density at radius 1 is 1.26 bits per heavy atom. The molecule has 0 radical (unpaired) electrons. The number of amides is 1. The van der Waals surface area contributed by atoms with Gasteiger partial charge in [-0.1, -0.05) is 6.07 Å². The van der Waals surface area contributed by atoms with E-state index in [0.717, 1.165) is 11.3 Å². The van der Waals surface area contributed by atoms with Crippen LogP contribution in [0.5, 0.6) is 5.75 Å². The van der Waals surface area contributed by atoms with E-state index in [0.29, 0.717) is 5.76 Å². The zero-order valence-corrected chi connectivity index (χ0v) is 11.2. The van der Waals surface area contributed by atoms with Crippen molar-refractivity contribution in [2.75, 3.05) is 0 Å². The molecule has 0 aliphatic carbocycles. The van der Waals surface area contributed by atoms with Crippen LogP contribution in [-0.2, 0) is 0 Å². The molecule has 19 heavy (non-hydrogen) atoms. The first-order valence-electron chi connectivity index (χ1n) is 6.14. The van der Waals surface area contributed by atoms with Gasteiger partial charge < -0.3 is 14.8 Å². The molecule has 1 aromatic carbocycles. The van der Waals surface area contributed by atoms with Gasteiger partial charge in [0.1, 0.15) is 17.3 Å². The van der Waals surface area contributed by atoms with Crippen molar-refractivity contribution >= 4 is 5.91 Å². The highest BCUT2D eigenvalue weighted by Gasteiger charge is 2.16. The van der Waals surface area contributed by atoms with Gasteiger partial charge in [-0.2, -0.15) is 0 Å². The number of nitrogens with one attached hydrogen (secondary N) is 1. The molecule has 1 atom stereocenters. The molecule has 4 nitrogen and oxygen atoms in total. The van der Waals surface area contributed by atoms with Crippen molar-refractivity contribution in [3.63, 3.8) is 0 Å². The third kappa shape index (κ3) is 2.96. The van der Waals surface area contributed by atoms with Crippen LogP contribution in [0.3, 0.4) is 0 Å². The largest absolute Gasteiger partial charge is 0.507 e. The number of benzene rings is 1. The van der Waals surface area contributed by atoms with E-state index in [-0.39, 0.29) is 23.3 Å². The molecule has 2 rings (SSSR count). The molecule has 0 saturated heterocycles. The highest BCUT2D eigenvalue weighted by Crippen LogP contribution is 2.20. The van der Waals surface area contributed by atoms with Crippen LogP contribution in [0.1, 0.15) is 40.4 Å². The van der Waals surface area contributed by atoms with Crippen molar-refractivity contribution in [1.29, 1.82) is 0 Å². The van der Waals surface area contributed by atoms with Crippen LogP contribution < -0.4 is 5.32 Å². The van der Waals surface area contributed by atoms with Gasteiger partial charge in [0.2, 0.25) is 0 Å². The van der Waals surface area contributed by atoms with Crippen LogP contribution in [0.4, 0.5) is 0 Å². The van der Waals surface area contributed by atoms with Crippen LogP contribution in [0.2, 0.25) is 0 Å². The van der Waals surface area contributed by atoms with Gasteiger partial charge >= 0.3 is 0 Å². The van der Waals surface area contributed by atoms with E-state index < -0.39 is 0 Å². The minimum absolute atomic E-state index is 0.0136. The van der Waals surface area contributed by atoms with E-state index in [9.17, 15) is 9.90 Å². The highest BCUT2D eigenvalue weighted by atomic mass is 16.3. The minimum atomic E-state index is -0.320. The van der Waals surface area contributed by atoms with Gasteiger partial charge in [-0.15, -0.1) is 0 Å². The number of phenols is 1. The third-order valence-electron chi connectivity index (χ3n) is 2.93. The fourth-order valence-corrected chi connectivity index (χ4v) is 1.87. The summed E-state index contributed by atoms with van der Waals surface area (Å²) in [6.45, 7) is 5.54. The quantitative estimate of drug-likeness (QED) is 0.890. The molecule has 0 fully saturated rings. The molecule has 1 unspecified atom stereocenters. The standard InChI is InChI=1S/C15H17NO3/c1-9-4-6-12(13(17)8-9)15(18)16-11(3)14-7-5-10(2)19-14/h4-8,11,17H,1-3H3,(H,16,18). The molecule has 0 spiro atoms. The summed E-state index contributed by atoms with van der Waals surface area (Å²) in [4.78, 5) is 12.1. The lowest BCUT2D eigenvalue weighted by Gasteiger charge is -2.12. The Balaban J connectivity index is 2.12. The molecule has 0 aliphatic rings. The molecule has 0 bridgehead atoms. The Morgan fingerprint density at radius 3 is 2.58 bits per heavy atom. The van der Waals surface area contributed by atoms with Crippen molar-refractivity contribution in [2.24, 2.45) is 0 Å². The summed E-state index contributed by atoms with van der Waals surface area (Å²) in [6, 6.07) is 8.39. The molecule has 2 aromatic rings. The molecular weight excluding hydrogens is 242 g/mol. The molecule has 100 valence electrons. The van der Waals surface area contributed by atoms with E-state index in [1.165, 1.54) is 0 Å². The lowest BCUT2D eigenvalue weighted by Crippen LogP contribution is -2.26. The Labute approximate surface area is 112 Å². The Hall–Kier alpha value is -2.23. The second kappa shape index (κ2) is 5.18. The first kappa shape index (κ1) is 13.2. The summed E-state index contributed by atoms with van der Waals surface area (Å²) < 4.78 is 5.45. The van der Waals surface area contributed by atoms with Gasteiger partial charge in [-0.3, -0.25) is 4.79 Å². The molecule has 1 aromatic heterocycles. The van der Waals surface area contributed by atoms with Crippen LogP contribution in [0.15, 0.2) is 34.7 Å². The van der Waals surface area contributed by atoms with Crippen molar-refractivity contribution in [2.45, 2.75) is 26.8 Å². The Kier molecular flexibility index (Phi) is 3.60. The Bertz CT molecular complexity index is 601. The molecule has 0 aliphatic heterocycles. The zero-order valence-electron chi connectivity index (χ0n) is 11.2. The van der Waals surface area contributed by atoms with Crippen molar-refractivity contribution in [1.82, 2.24) is 5.32 Å². The predicted molar refractivity (Wildman–Crippen MR) is 72.2 cm³/mol. The van der Waals surface area contributed by atoms with Gasteiger partial charge in [0.25, 0.3) is 5.91 Å². The van der Waals surface area contributed by atoms with Gasteiger partial charge in [0.15, 0.2) is 0 Å². The average molecular weight is 259 g/mol. The number of aromatic hydroxyl groups is 1. The predicted octanol–water partition coefficient (Wildman–Crippen LogP) is 3.09. The maximum atomic E-state index is 12.1. The van der Waals surface area contributed by atoms with E-state index >= 15 is 0 Å². The number of aryl methyl sites for hydroxylation is 2. The van der Waals surface area contributed by atoms with Crippen molar-refractivity contribution < 1.29 is 14.3 Å². The smallest absolute Gasteiger partial charge is 0.255 e. The van der Waals surface area contributed by atoms with Crippen molar-refractivity contribution in [3.05, 3.63) is 53.0 Å². The fraction of sp³-hybridized carbons (Fsp3) is 0.267. The topological polar surface area (TPSA) is 62.5 Å². The number of hydrogen-bond acceptors (Lipinski definition) is 3. The van der Waals surface area contributed by atoms with E-state index in [1.807, 2.05) is 32.9 Å². The van der Waals surface area contributed by atoms with Crippen LogP contribution in [0.25, 0.3) is 0 Å². The Morgan fingerprint density at radius 2 is 2.00 bits per heavy atom. The SMILES string of the molecule is Cc1ccc(C(=O)NC(C)c2ccc(C)o2)c(O)c1. The van der Waals surface area contributed by atoms with E-state index in [2.05, 4.69) is 5.32 Å². The first-order chi connectivity index (χ1) is 8.97. The number of hydrogen-bond donors (Lipinski definition) is 2. The van der Waals surface area contributed by atoms with E-state index in [4.69, 9.17) is 4.42 Å². The molecule has 0 saturated carbocycles. The monoisotopic (exact) mass is 259 g/mol. The van der Waals surface area contributed by atoms with Gasteiger partial charge in [0, 0.05) is 0 Å². The van der Waals surface area contributed by atoms with Crippen LogP contribution in [0, 0.1) is 13.8 Å². The fourth-order valence-electron chi connectivity index (χ4n) is 1.87. The molecular formula is C15H17NO3. The summed E-state index contributed by atoms with van der Waals surface area (Å²) in [5.41, 5.74) is 1.17. The lowest BCUT2D eigenvalue weighted by atomic mass is 10.1. The molecule has 1 amide bonds. The maximum Gasteiger partial charge on any atom is 0.255 e. The molecule has 2 N–H and O–H groups in total. The lowest BCUT2D eigenvalue weighted by molar-refractivity contribution is 0.0932.